The van der Waals surface area contributed by atoms with Gasteiger partial charge in [-0.3, -0.25) is 0 Å². The zero-order valence-electron chi connectivity index (χ0n) is 15.7. The number of hydrogen-bond acceptors (Lipinski definition) is 2. The number of aromatic nitrogens is 1. The lowest BCUT2D eigenvalue weighted by Crippen LogP contribution is -2.59. The van der Waals surface area contributed by atoms with Crippen LogP contribution in [-0.2, 0) is 11.3 Å². The van der Waals surface area contributed by atoms with Crippen LogP contribution in [0, 0.1) is 0 Å². The summed E-state index contributed by atoms with van der Waals surface area (Å²) in [7, 11) is 0. The van der Waals surface area contributed by atoms with Crippen molar-refractivity contribution in [2.24, 2.45) is 0 Å². The lowest BCUT2D eigenvalue weighted by molar-refractivity contribution is -0.346. The van der Waals surface area contributed by atoms with E-state index in [-0.39, 0.29) is 6.54 Å². The number of para-hydroxylation sites is 2. The van der Waals surface area contributed by atoms with Crippen LogP contribution in [0.1, 0.15) is 0 Å². The first-order valence-electron chi connectivity index (χ1n) is 9.03. The number of fused-ring (bicyclic) bond motifs is 3. The largest absolute Gasteiger partial charge is 0.389 e. The van der Waals surface area contributed by atoms with Crippen molar-refractivity contribution in [1.29, 1.82) is 0 Å². The summed E-state index contributed by atoms with van der Waals surface area (Å²) in [6, 6.07) is 14.3. The highest BCUT2D eigenvalue weighted by Gasteiger charge is 2.75. The first-order chi connectivity index (χ1) is 14.4. The second kappa shape index (κ2) is 8.27. The maximum atomic E-state index is 13.5. The third kappa shape index (κ3) is 4.08. The van der Waals surface area contributed by atoms with Gasteiger partial charge in [-0.2, -0.15) is 26.3 Å². The van der Waals surface area contributed by atoms with Gasteiger partial charge in [-0.1, -0.05) is 36.4 Å². The van der Waals surface area contributed by atoms with E-state index in [9.17, 15) is 40.2 Å². The molecule has 0 aliphatic carbocycles. The zero-order valence-corrected chi connectivity index (χ0v) is 15.7. The molecule has 0 saturated carbocycles. The van der Waals surface area contributed by atoms with Gasteiger partial charge in [0, 0.05) is 21.8 Å². The molecule has 0 spiro atoms. The van der Waals surface area contributed by atoms with Crippen molar-refractivity contribution in [1.82, 2.24) is 4.57 Å². The number of hydrogen-bond donors (Lipinski definition) is 1. The molecule has 0 radical (unpaired) electrons. The maximum Gasteiger partial charge on any atom is 0.380 e. The fourth-order valence-corrected chi connectivity index (χ4v) is 3.26. The molecule has 0 fully saturated rings. The Labute approximate surface area is 170 Å². The average Bonchev–Trinajstić information content (AvgIpc) is 3.01. The molecule has 170 valence electrons. The zero-order chi connectivity index (χ0) is 23.0. The highest BCUT2D eigenvalue weighted by Crippen LogP contribution is 2.48. The van der Waals surface area contributed by atoms with Crippen molar-refractivity contribution >= 4 is 21.8 Å². The van der Waals surface area contributed by atoms with Crippen molar-refractivity contribution in [3.63, 3.8) is 0 Å². The van der Waals surface area contributed by atoms with E-state index in [1.165, 1.54) is 0 Å². The van der Waals surface area contributed by atoms with E-state index in [0.29, 0.717) is 11.0 Å². The van der Waals surface area contributed by atoms with E-state index in [1.807, 2.05) is 12.1 Å². The van der Waals surface area contributed by atoms with Gasteiger partial charge in [0.15, 0.2) is 0 Å². The summed E-state index contributed by atoms with van der Waals surface area (Å²) >= 11 is 0. The van der Waals surface area contributed by atoms with Crippen molar-refractivity contribution in [3.8, 4) is 0 Å². The van der Waals surface area contributed by atoms with Crippen LogP contribution in [0.25, 0.3) is 21.8 Å². The predicted molar refractivity (Wildman–Crippen MR) is 97.1 cm³/mol. The molecule has 0 amide bonds. The molecule has 3 nitrogen and oxygen atoms in total. The topological polar surface area (TPSA) is 34.4 Å². The number of benzene rings is 2. The Morgan fingerprint density at radius 1 is 0.839 bits per heavy atom. The van der Waals surface area contributed by atoms with Crippen LogP contribution in [0.5, 0.6) is 0 Å². The molecule has 1 heterocycles. The van der Waals surface area contributed by atoms with Crippen LogP contribution < -0.4 is 0 Å². The molecule has 3 rings (SSSR count). The van der Waals surface area contributed by atoms with E-state index in [1.54, 1.807) is 41.0 Å². The van der Waals surface area contributed by atoms with Crippen LogP contribution >= 0.6 is 0 Å². The van der Waals surface area contributed by atoms with Crippen molar-refractivity contribution in [3.05, 3.63) is 48.5 Å². The van der Waals surface area contributed by atoms with Gasteiger partial charge < -0.3 is 14.4 Å². The molecule has 0 aliphatic rings. The summed E-state index contributed by atoms with van der Waals surface area (Å²) in [5.41, 5.74) is 1.41. The molecule has 1 aromatic heterocycles. The monoisotopic (exact) mass is 455 g/mol. The minimum atomic E-state index is -6.34. The van der Waals surface area contributed by atoms with Gasteiger partial charge >= 0.3 is 24.2 Å². The Balaban J connectivity index is 1.70. The summed E-state index contributed by atoms with van der Waals surface area (Å²) in [6.07, 6.45) is -6.46. The second-order valence-corrected chi connectivity index (χ2v) is 7.02. The van der Waals surface area contributed by atoms with Gasteiger partial charge in [0.1, 0.15) is 6.61 Å². The molecule has 0 aliphatic heterocycles. The Morgan fingerprint density at radius 3 is 1.81 bits per heavy atom. The van der Waals surface area contributed by atoms with Crippen molar-refractivity contribution in [2.75, 3.05) is 13.2 Å². The minimum absolute atomic E-state index is 0.177. The van der Waals surface area contributed by atoms with Crippen molar-refractivity contribution in [2.45, 2.75) is 36.8 Å². The third-order valence-corrected chi connectivity index (χ3v) is 4.82. The molecule has 0 bridgehead atoms. The Kier molecular flexibility index (Phi) is 6.21. The van der Waals surface area contributed by atoms with Gasteiger partial charge in [0.05, 0.1) is 19.3 Å². The lowest BCUT2D eigenvalue weighted by Gasteiger charge is -2.32. The summed E-state index contributed by atoms with van der Waals surface area (Å²) < 4.78 is 110. The van der Waals surface area contributed by atoms with Crippen LogP contribution in [0.15, 0.2) is 48.5 Å². The second-order valence-electron chi connectivity index (χ2n) is 7.02. The minimum Gasteiger partial charge on any atom is -0.389 e. The van der Waals surface area contributed by atoms with Crippen LogP contribution in [0.3, 0.4) is 0 Å². The van der Waals surface area contributed by atoms with E-state index in [2.05, 4.69) is 4.74 Å². The fourth-order valence-electron chi connectivity index (χ4n) is 3.26. The van der Waals surface area contributed by atoms with Gasteiger partial charge in [-0.25, -0.2) is 8.78 Å². The standard InChI is InChI=1S/C20H17F8NO2/c21-17(22)19(25,26)20(27,28)18(23,24)11-31-10-12(30)9-29-15-7-3-1-5-13(15)14-6-2-4-8-16(14)29/h1-8,12,17,30H,9-11H2/t12-/m1/s1. The average molecular weight is 455 g/mol. The molecule has 3 aromatic rings. The van der Waals surface area contributed by atoms with Gasteiger partial charge in [-0.15, -0.1) is 0 Å². The maximum absolute atomic E-state index is 13.5. The summed E-state index contributed by atoms with van der Waals surface area (Å²) in [5, 5.41) is 11.8. The van der Waals surface area contributed by atoms with E-state index >= 15 is 0 Å². The smallest absolute Gasteiger partial charge is 0.380 e. The molecular weight excluding hydrogens is 438 g/mol. The van der Waals surface area contributed by atoms with Gasteiger partial charge in [-0.05, 0) is 12.1 Å². The first-order valence-corrected chi connectivity index (χ1v) is 9.03. The number of ether oxygens (including phenoxy) is 1. The SMILES string of the molecule is O[C@@H](COCC(F)(F)C(F)(F)C(F)(F)C(F)F)Cn1c2ccccc2c2ccccc21. The normalized spacial score (nSPS) is 14.6. The molecule has 0 unspecified atom stereocenters. The predicted octanol–water partition coefficient (Wildman–Crippen LogP) is 5.34. The van der Waals surface area contributed by atoms with Crippen LogP contribution in [0.2, 0.25) is 0 Å². The molecule has 1 N–H and O–H groups in total. The molecule has 2 aromatic carbocycles. The third-order valence-electron chi connectivity index (χ3n) is 4.82. The number of alkyl halides is 8. The van der Waals surface area contributed by atoms with Gasteiger partial charge in [0.2, 0.25) is 0 Å². The fraction of sp³-hybridized carbons (Fsp3) is 0.400. The highest BCUT2D eigenvalue weighted by molar-refractivity contribution is 6.07. The summed E-state index contributed by atoms with van der Waals surface area (Å²) in [5.74, 6) is -18.2. The molecule has 31 heavy (non-hydrogen) atoms. The number of aliphatic hydroxyl groups is 1. The Hall–Kier alpha value is -2.40. The summed E-state index contributed by atoms with van der Waals surface area (Å²) in [4.78, 5) is 0. The number of halogens is 8. The highest BCUT2D eigenvalue weighted by atomic mass is 19.4. The van der Waals surface area contributed by atoms with E-state index < -0.39 is 43.5 Å². The van der Waals surface area contributed by atoms with E-state index in [0.717, 1.165) is 10.8 Å². The Bertz CT molecular complexity index is 997. The van der Waals surface area contributed by atoms with Crippen LogP contribution in [0.4, 0.5) is 35.1 Å². The Morgan fingerprint density at radius 2 is 1.32 bits per heavy atom. The molecule has 1 atom stereocenters. The first kappa shape index (κ1) is 23.3. The van der Waals surface area contributed by atoms with Gasteiger partial charge in [0.25, 0.3) is 0 Å². The lowest BCUT2D eigenvalue weighted by atomic mass is 10.1. The molecule has 11 heteroatoms. The molecule has 0 saturated heterocycles. The number of rotatable bonds is 9. The van der Waals surface area contributed by atoms with Crippen molar-refractivity contribution < 1.29 is 45.0 Å². The number of aliphatic hydroxyl groups excluding tert-OH is 1. The number of nitrogens with zero attached hydrogens (tertiary/aromatic N) is 1. The quantitative estimate of drug-likeness (QED) is 0.442. The van der Waals surface area contributed by atoms with E-state index in [4.69, 9.17) is 0 Å². The molecular formula is C20H17F8NO2. The summed E-state index contributed by atoms with van der Waals surface area (Å²) in [6.45, 7) is -3.36. The van der Waals surface area contributed by atoms with Crippen LogP contribution in [-0.4, -0.2) is 53.2 Å².